The van der Waals surface area contributed by atoms with Crippen molar-refractivity contribution in [3.63, 3.8) is 0 Å². The lowest BCUT2D eigenvalue weighted by atomic mass is 10.2. The molecule has 0 amide bonds. The Labute approximate surface area is 126 Å². The minimum absolute atomic E-state index is 0.144. The van der Waals surface area contributed by atoms with E-state index in [9.17, 15) is 9.59 Å². The molecule has 0 fully saturated rings. The molecule has 0 radical (unpaired) electrons. The van der Waals surface area contributed by atoms with Gasteiger partial charge in [-0.1, -0.05) is 6.07 Å². The molecular weight excluding hydrogens is 290 g/mol. The van der Waals surface area contributed by atoms with Crippen LogP contribution in [0.2, 0.25) is 0 Å². The maximum atomic E-state index is 12.3. The zero-order chi connectivity index (χ0) is 15.2. The number of ketones is 1. The lowest BCUT2D eigenvalue weighted by Crippen LogP contribution is -2.32. The molecule has 1 unspecified atom stereocenters. The topological polar surface area (TPSA) is 75.6 Å². The maximum absolute atomic E-state index is 12.3. The van der Waals surface area contributed by atoms with Gasteiger partial charge in [-0.25, -0.2) is 4.79 Å². The molecule has 0 aliphatic carbocycles. The average Bonchev–Trinajstić information content (AvgIpc) is 3.01. The maximum Gasteiger partial charge on any atom is 0.335 e. The third kappa shape index (κ3) is 3.90. The van der Waals surface area contributed by atoms with Crippen molar-refractivity contribution < 1.29 is 19.4 Å². The SMILES string of the molecule is CCOC(Nc1ccc(C(=O)O)cc1)C(=O)c1cccs1. The van der Waals surface area contributed by atoms with E-state index in [1.807, 2.05) is 18.4 Å². The summed E-state index contributed by atoms with van der Waals surface area (Å²) >= 11 is 1.35. The summed E-state index contributed by atoms with van der Waals surface area (Å²) in [6.45, 7) is 2.20. The summed E-state index contributed by atoms with van der Waals surface area (Å²) < 4.78 is 5.44. The number of Topliss-reactive ketones (excluding diaryl/α,β-unsaturated/α-hetero) is 1. The number of thiophene rings is 1. The van der Waals surface area contributed by atoms with Crippen LogP contribution in [0.25, 0.3) is 0 Å². The van der Waals surface area contributed by atoms with Crippen LogP contribution in [0.1, 0.15) is 27.0 Å². The summed E-state index contributed by atoms with van der Waals surface area (Å²) in [5.74, 6) is -1.13. The largest absolute Gasteiger partial charge is 0.478 e. The smallest absolute Gasteiger partial charge is 0.335 e. The Hall–Kier alpha value is -2.18. The first-order chi connectivity index (χ1) is 10.1. The van der Waals surface area contributed by atoms with Crippen molar-refractivity contribution in [1.82, 2.24) is 0 Å². The molecular formula is C15H15NO4S. The second-order valence-electron chi connectivity index (χ2n) is 4.20. The highest BCUT2D eigenvalue weighted by atomic mass is 32.1. The quantitative estimate of drug-likeness (QED) is 0.607. The molecule has 5 nitrogen and oxygen atoms in total. The van der Waals surface area contributed by atoms with E-state index in [1.54, 1.807) is 18.2 Å². The van der Waals surface area contributed by atoms with Gasteiger partial charge >= 0.3 is 5.97 Å². The molecule has 0 spiro atoms. The molecule has 1 aromatic carbocycles. The van der Waals surface area contributed by atoms with Gasteiger partial charge in [-0.3, -0.25) is 4.79 Å². The third-order valence-electron chi connectivity index (χ3n) is 2.77. The molecule has 0 aliphatic rings. The monoisotopic (exact) mass is 305 g/mol. The fourth-order valence-electron chi connectivity index (χ4n) is 1.76. The van der Waals surface area contributed by atoms with Crippen molar-refractivity contribution >= 4 is 28.8 Å². The van der Waals surface area contributed by atoms with Gasteiger partial charge in [-0.05, 0) is 42.6 Å². The molecule has 1 heterocycles. The third-order valence-corrected chi connectivity index (χ3v) is 3.65. The predicted octanol–water partition coefficient (Wildman–Crippen LogP) is 3.10. The van der Waals surface area contributed by atoms with Crippen LogP contribution in [0, 0.1) is 0 Å². The molecule has 2 rings (SSSR count). The van der Waals surface area contributed by atoms with Gasteiger partial charge in [-0.2, -0.15) is 0 Å². The van der Waals surface area contributed by atoms with Crippen molar-refractivity contribution in [2.45, 2.75) is 13.2 Å². The molecule has 0 aliphatic heterocycles. The van der Waals surface area contributed by atoms with Crippen LogP contribution in [-0.4, -0.2) is 29.7 Å². The first-order valence-electron chi connectivity index (χ1n) is 6.41. The van der Waals surface area contributed by atoms with Crippen LogP contribution >= 0.6 is 11.3 Å². The number of carbonyl (C=O) groups is 2. The summed E-state index contributed by atoms with van der Waals surface area (Å²) in [5.41, 5.74) is 0.821. The van der Waals surface area contributed by atoms with Gasteiger partial charge in [0, 0.05) is 12.3 Å². The highest BCUT2D eigenvalue weighted by Crippen LogP contribution is 2.16. The number of nitrogens with one attached hydrogen (secondary N) is 1. The van der Waals surface area contributed by atoms with Crippen molar-refractivity contribution in [2.75, 3.05) is 11.9 Å². The Morgan fingerprint density at radius 2 is 2.00 bits per heavy atom. The van der Waals surface area contributed by atoms with E-state index in [0.717, 1.165) is 0 Å². The van der Waals surface area contributed by atoms with Crippen LogP contribution in [-0.2, 0) is 4.74 Å². The fourth-order valence-corrected chi connectivity index (χ4v) is 2.44. The number of anilines is 1. The summed E-state index contributed by atoms with van der Waals surface area (Å²) in [6.07, 6.45) is -0.788. The minimum atomic E-state index is -0.988. The van der Waals surface area contributed by atoms with Gasteiger partial charge in [0.1, 0.15) is 0 Å². The number of ether oxygens (including phenoxy) is 1. The Morgan fingerprint density at radius 3 is 2.52 bits per heavy atom. The summed E-state index contributed by atoms with van der Waals surface area (Å²) in [7, 11) is 0. The second-order valence-corrected chi connectivity index (χ2v) is 5.15. The van der Waals surface area contributed by atoms with Crippen molar-refractivity contribution in [3.05, 3.63) is 52.2 Å². The van der Waals surface area contributed by atoms with Crippen LogP contribution in [0.15, 0.2) is 41.8 Å². The summed E-state index contributed by atoms with van der Waals surface area (Å²) in [4.78, 5) is 23.7. The Kier molecular flexibility index (Phi) is 5.08. The van der Waals surface area contributed by atoms with Gasteiger partial charge in [0.05, 0.1) is 10.4 Å². The van der Waals surface area contributed by atoms with Crippen molar-refractivity contribution in [1.29, 1.82) is 0 Å². The number of hydrogen-bond acceptors (Lipinski definition) is 5. The highest BCUT2D eigenvalue weighted by Gasteiger charge is 2.21. The predicted molar refractivity (Wildman–Crippen MR) is 81.1 cm³/mol. The summed E-state index contributed by atoms with van der Waals surface area (Å²) in [6, 6.07) is 9.72. The number of rotatable bonds is 7. The molecule has 2 N–H and O–H groups in total. The fraction of sp³-hybridized carbons (Fsp3) is 0.200. The molecule has 6 heteroatoms. The van der Waals surface area contributed by atoms with E-state index < -0.39 is 12.2 Å². The average molecular weight is 305 g/mol. The molecule has 2 aromatic rings. The van der Waals surface area contributed by atoms with E-state index >= 15 is 0 Å². The normalized spacial score (nSPS) is 11.9. The van der Waals surface area contributed by atoms with Crippen molar-refractivity contribution in [3.8, 4) is 0 Å². The van der Waals surface area contributed by atoms with Crippen LogP contribution in [0.3, 0.4) is 0 Å². The first-order valence-corrected chi connectivity index (χ1v) is 7.29. The van der Waals surface area contributed by atoms with E-state index in [4.69, 9.17) is 9.84 Å². The zero-order valence-electron chi connectivity index (χ0n) is 11.4. The number of benzene rings is 1. The molecule has 0 bridgehead atoms. The van der Waals surface area contributed by atoms with Gasteiger partial charge in [0.15, 0.2) is 6.23 Å². The molecule has 110 valence electrons. The number of hydrogen-bond donors (Lipinski definition) is 2. The molecule has 1 aromatic heterocycles. The van der Waals surface area contributed by atoms with Crippen molar-refractivity contribution in [2.24, 2.45) is 0 Å². The molecule has 21 heavy (non-hydrogen) atoms. The number of carboxylic acid groups (broad SMARTS) is 1. The van der Waals surface area contributed by atoms with Gasteiger partial charge in [0.25, 0.3) is 0 Å². The van der Waals surface area contributed by atoms with E-state index in [0.29, 0.717) is 17.2 Å². The van der Waals surface area contributed by atoms with Gasteiger partial charge in [-0.15, -0.1) is 11.3 Å². The van der Waals surface area contributed by atoms with Crippen LogP contribution < -0.4 is 5.32 Å². The van der Waals surface area contributed by atoms with Crippen LogP contribution in [0.4, 0.5) is 5.69 Å². The lowest BCUT2D eigenvalue weighted by molar-refractivity contribution is 0.0553. The zero-order valence-corrected chi connectivity index (χ0v) is 12.2. The Balaban J connectivity index is 2.12. The van der Waals surface area contributed by atoms with E-state index in [-0.39, 0.29) is 11.3 Å². The Morgan fingerprint density at radius 1 is 1.29 bits per heavy atom. The number of carboxylic acids is 1. The molecule has 0 saturated heterocycles. The molecule has 0 saturated carbocycles. The second kappa shape index (κ2) is 7.01. The minimum Gasteiger partial charge on any atom is -0.478 e. The number of aromatic carboxylic acids is 1. The van der Waals surface area contributed by atoms with E-state index in [1.165, 1.54) is 23.5 Å². The number of carbonyl (C=O) groups excluding carboxylic acids is 1. The first kappa shape index (κ1) is 15.2. The lowest BCUT2D eigenvalue weighted by Gasteiger charge is -2.18. The standard InChI is InChI=1S/C15H15NO4S/c1-2-20-14(13(17)12-4-3-9-21-12)16-11-7-5-10(6-8-11)15(18)19/h3-9,14,16H,2H2,1H3,(H,18,19). The molecule has 1 atom stereocenters. The highest BCUT2D eigenvalue weighted by molar-refractivity contribution is 7.12. The Bertz CT molecular complexity index is 607. The van der Waals surface area contributed by atoms with Gasteiger partial charge in [0.2, 0.25) is 5.78 Å². The van der Waals surface area contributed by atoms with E-state index in [2.05, 4.69) is 5.32 Å². The van der Waals surface area contributed by atoms with Gasteiger partial charge < -0.3 is 15.2 Å². The summed E-state index contributed by atoms with van der Waals surface area (Å²) in [5, 5.41) is 13.7. The van der Waals surface area contributed by atoms with Crippen LogP contribution in [0.5, 0.6) is 0 Å².